The Morgan fingerprint density at radius 2 is 2.08 bits per heavy atom. The summed E-state index contributed by atoms with van der Waals surface area (Å²) in [5.41, 5.74) is 5.05. The molecule has 0 fully saturated rings. The standard InChI is InChI=1S/C4H6F3N5/c5-4(6,7)3-9-10-11-12(3)2-1-8/h1-2,8H2. The van der Waals surface area contributed by atoms with Crippen molar-refractivity contribution in [2.45, 2.75) is 12.7 Å². The van der Waals surface area contributed by atoms with Crippen LogP contribution in [0.1, 0.15) is 5.82 Å². The van der Waals surface area contributed by atoms with Crippen molar-refractivity contribution in [2.75, 3.05) is 6.54 Å². The summed E-state index contributed by atoms with van der Waals surface area (Å²) in [7, 11) is 0. The molecule has 1 heterocycles. The van der Waals surface area contributed by atoms with Crippen molar-refractivity contribution in [3.63, 3.8) is 0 Å². The molecule has 0 saturated carbocycles. The SMILES string of the molecule is NCCn1nnnc1C(F)(F)F. The van der Waals surface area contributed by atoms with Gasteiger partial charge < -0.3 is 5.73 Å². The molecule has 0 saturated heterocycles. The fourth-order valence-corrected chi connectivity index (χ4v) is 0.681. The maximum absolute atomic E-state index is 12.0. The fraction of sp³-hybridized carbons (Fsp3) is 0.750. The molecular formula is C4H6F3N5. The van der Waals surface area contributed by atoms with Gasteiger partial charge in [0.15, 0.2) is 0 Å². The van der Waals surface area contributed by atoms with Gasteiger partial charge >= 0.3 is 6.18 Å². The zero-order valence-corrected chi connectivity index (χ0v) is 5.91. The molecule has 0 aliphatic heterocycles. The molecule has 5 nitrogen and oxygen atoms in total. The van der Waals surface area contributed by atoms with E-state index in [2.05, 4.69) is 15.5 Å². The Bertz CT molecular complexity index is 253. The largest absolute Gasteiger partial charge is 0.453 e. The predicted molar refractivity (Wildman–Crippen MR) is 31.9 cm³/mol. The second-order valence-corrected chi connectivity index (χ2v) is 2.01. The third-order valence-corrected chi connectivity index (χ3v) is 1.13. The Morgan fingerprint density at radius 3 is 2.58 bits per heavy atom. The number of hydrogen-bond donors (Lipinski definition) is 1. The van der Waals surface area contributed by atoms with Crippen LogP contribution in [0.4, 0.5) is 13.2 Å². The lowest BCUT2D eigenvalue weighted by atomic mass is 10.5. The third kappa shape index (κ3) is 1.70. The number of rotatable bonds is 2. The molecule has 0 unspecified atom stereocenters. The van der Waals surface area contributed by atoms with Crippen molar-refractivity contribution in [1.29, 1.82) is 0 Å². The lowest BCUT2D eigenvalue weighted by Crippen LogP contribution is -2.19. The maximum Gasteiger partial charge on any atom is 0.453 e. The van der Waals surface area contributed by atoms with Gasteiger partial charge in [0.1, 0.15) is 0 Å². The molecule has 0 bridgehead atoms. The Labute approximate surface area is 65.3 Å². The molecule has 0 aromatic carbocycles. The summed E-state index contributed by atoms with van der Waals surface area (Å²) < 4.78 is 36.6. The molecule has 0 aliphatic rings. The smallest absolute Gasteiger partial charge is 0.329 e. The molecule has 0 amide bonds. The van der Waals surface area contributed by atoms with E-state index >= 15 is 0 Å². The summed E-state index contributed by atoms with van der Waals surface area (Å²) >= 11 is 0. The van der Waals surface area contributed by atoms with Crippen LogP contribution in [0.3, 0.4) is 0 Å². The summed E-state index contributed by atoms with van der Waals surface area (Å²) in [4.78, 5) is 0. The van der Waals surface area contributed by atoms with Gasteiger partial charge in [-0.3, -0.25) is 0 Å². The summed E-state index contributed by atoms with van der Waals surface area (Å²) in [5.74, 6) is -1.12. The van der Waals surface area contributed by atoms with Crippen LogP contribution in [0.5, 0.6) is 0 Å². The summed E-state index contributed by atoms with van der Waals surface area (Å²) in [6.45, 7) is 0.0238. The van der Waals surface area contributed by atoms with Crippen LogP contribution < -0.4 is 5.73 Å². The van der Waals surface area contributed by atoms with Crippen LogP contribution >= 0.6 is 0 Å². The highest BCUT2D eigenvalue weighted by Gasteiger charge is 2.37. The van der Waals surface area contributed by atoms with Gasteiger partial charge in [0.05, 0.1) is 6.54 Å². The number of halogens is 3. The average Bonchev–Trinajstić information content (AvgIpc) is 2.34. The zero-order valence-electron chi connectivity index (χ0n) is 5.91. The van der Waals surface area contributed by atoms with E-state index in [0.29, 0.717) is 4.68 Å². The fourth-order valence-electron chi connectivity index (χ4n) is 0.681. The summed E-state index contributed by atoms with van der Waals surface area (Å²) in [5, 5.41) is 8.85. The first-order valence-corrected chi connectivity index (χ1v) is 3.09. The minimum absolute atomic E-state index is 0.0398. The van der Waals surface area contributed by atoms with Crippen LogP contribution in [0, 0.1) is 0 Å². The first kappa shape index (κ1) is 8.91. The highest BCUT2D eigenvalue weighted by atomic mass is 19.4. The van der Waals surface area contributed by atoms with E-state index in [1.54, 1.807) is 0 Å². The topological polar surface area (TPSA) is 69.6 Å². The van der Waals surface area contributed by atoms with Crippen LogP contribution in [0.2, 0.25) is 0 Å². The molecule has 0 spiro atoms. The van der Waals surface area contributed by atoms with Crippen molar-refractivity contribution in [3.8, 4) is 0 Å². The molecule has 0 aliphatic carbocycles. The Balaban J connectivity index is 2.91. The van der Waals surface area contributed by atoms with Gasteiger partial charge in [-0.15, -0.1) is 5.10 Å². The Hall–Kier alpha value is -1.18. The lowest BCUT2D eigenvalue weighted by Gasteiger charge is -2.04. The second kappa shape index (κ2) is 3.05. The van der Waals surface area contributed by atoms with Crippen molar-refractivity contribution in [2.24, 2.45) is 5.73 Å². The molecule has 12 heavy (non-hydrogen) atoms. The first-order chi connectivity index (χ1) is 5.55. The first-order valence-electron chi connectivity index (χ1n) is 3.09. The van der Waals surface area contributed by atoms with Crippen LogP contribution in [0.25, 0.3) is 0 Å². The molecule has 0 radical (unpaired) electrons. The van der Waals surface area contributed by atoms with E-state index < -0.39 is 12.0 Å². The van der Waals surface area contributed by atoms with E-state index in [9.17, 15) is 13.2 Å². The zero-order chi connectivity index (χ0) is 9.19. The van der Waals surface area contributed by atoms with E-state index in [0.717, 1.165) is 0 Å². The normalized spacial score (nSPS) is 12.0. The van der Waals surface area contributed by atoms with Crippen molar-refractivity contribution >= 4 is 0 Å². The monoisotopic (exact) mass is 181 g/mol. The van der Waals surface area contributed by atoms with Crippen LogP contribution in [-0.2, 0) is 12.7 Å². The molecule has 1 aromatic heterocycles. The number of tetrazole rings is 1. The summed E-state index contributed by atoms with van der Waals surface area (Å²) in [6.07, 6.45) is -4.52. The van der Waals surface area contributed by atoms with E-state index in [1.807, 2.05) is 0 Å². The summed E-state index contributed by atoms with van der Waals surface area (Å²) in [6, 6.07) is 0. The van der Waals surface area contributed by atoms with E-state index in [-0.39, 0.29) is 13.1 Å². The van der Waals surface area contributed by atoms with E-state index in [4.69, 9.17) is 5.73 Å². The van der Waals surface area contributed by atoms with Gasteiger partial charge in [0, 0.05) is 6.54 Å². The van der Waals surface area contributed by atoms with Gasteiger partial charge in [-0.2, -0.15) is 13.2 Å². The second-order valence-electron chi connectivity index (χ2n) is 2.01. The van der Waals surface area contributed by atoms with Crippen molar-refractivity contribution < 1.29 is 13.2 Å². The lowest BCUT2D eigenvalue weighted by molar-refractivity contribution is -0.147. The van der Waals surface area contributed by atoms with Gasteiger partial charge in [-0.05, 0) is 10.4 Å². The quantitative estimate of drug-likeness (QED) is 0.677. The number of hydrogen-bond acceptors (Lipinski definition) is 4. The number of alkyl halides is 3. The molecule has 1 aromatic rings. The van der Waals surface area contributed by atoms with Crippen molar-refractivity contribution in [3.05, 3.63) is 5.82 Å². The molecule has 1 rings (SSSR count). The minimum atomic E-state index is -4.52. The number of nitrogens with zero attached hydrogens (tertiary/aromatic N) is 4. The molecule has 68 valence electrons. The predicted octanol–water partition coefficient (Wildman–Crippen LogP) is -0.349. The van der Waals surface area contributed by atoms with Gasteiger partial charge in [0.2, 0.25) is 0 Å². The molecule has 0 atom stereocenters. The number of aromatic nitrogens is 4. The third-order valence-electron chi connectivity index (χ3n) is 1.13. The van der Waals surface area contributed by atoms with Crippen molar-refractivity contribution in [1.82, 2.24) is 20.2 Å². The highest BCUT2D eigenvalue weighted by molar-refractivity contribution is 4.86. The minimum Gasteiger partial charge on any atom is -0.329 e. The van der Waals surface area contributed by atoms with Gasteiger partial charge in [-0.25, -0.2) is 4.68 Å². The highest BCUT2D eigenvalue weighted by Crippen LogP contribution is 2.26. The van der Waals surface area contributed by atoms with Gasteiger partial charge in [-0.1, -0.05) is 0 Å². The van der Waals surface area contributed by atoms with Crippen LogP contribution in [-0.4, -0.2) is 26.8 Å². The maximum atomic E-state index is 12.0. The Kier molecular flexibility index (Phi) is 2.27. The van der Waals surface area contributed by atoms with Gasteiger partial charge in [0.25, 0.3) is 5.82 Å². The van der Waals surface area contributed by atoms with E-state index in [1.165, 1.54) is 0 Å². The number of nitrogens with two attached hydrogens (primary N) is 1. The molecular weight excluding hydrogens is 175 g/mol. The average molecular weight is 181 g/mol. The molecule has 2 N–H and O–H groups in total. The Morgan fingerprint density at radius 1 is 1.42 bits per heavy atom. The van der Waals surface area contributed by atoms with Crippen LogP contribution in [0.15, 0.2) is 0 Å². The molecule has 8 heteroatoms.